The van der Waals surface area contributed by atoms with Crippen LogP contribution in [0.2, 0.25) is 0 Å². The largest absolute Gasteiger partial charge is 0.346 e. The lowest BCUT2D eigenvalue weighted by molar-refractivity contribution is -0.133. The number of rotatable bonds is 4. The summed E-state index contributed by atoms with van der Waals surface area (Å²) in [6.07, 6.45) is 0. The quantitative estimate of drug-likeness (QED) is 0.809. The second-order valence-electron chi connectivity index (χ2n) is 8.02. The standard InChI is InChI=1S/C20H27N5OS/c1-13-7-5-6-8-16(13)19-17-11-24(20-22-21-14(2)27-20)9-15(17)10-25(19)18(26)12-23(3)4/h5-8,15,17,19H,9-12H2,1-4H3/t15-,17-,19+/m1/s1. The molecule has 0 unspecified atom stereocenters. The van der Waals surface area contributed by atoms with E-state index in [4.69, 9.17) is 0 Å². The predicted octanol–water partition coefficient (Wildman–Crippen LogP) is 2.35. The molecule has 2 saturated heterocycles. The predicted molar refractivity (Wildman–Crippen MR) is 108 cm³/mol. The van der Waals surface area contributed by atoms with Gasteiger partial charge in [0.2, 0.25) is 11.0 Å². The Bertz CT molecular complexity index is 835. The van der Waals surface area contributed by atoms with Crippen LogP contribution in [0.15, 0.2) is 24.3 Å². The fourth-order valence-corrected chi connectivity index (χ4v) is 5.26. The molecule has 2 aromatic rings. The van der Waals surface area contributed by atoms with Crippen LogP contribution in [0.25, 0.3) is 0 Å². The highest BCUT2D eigenvalue weighted by Gasteiger charge is 2.49. The van der Waals surface area contributed by atoms with Gasteiger partial charge in [0.1, 0.15) is 5.01 Å². The zero-order chi connectivity index (χ0) is 19.1. The summed E-state index contributed by atoms with van der Waals surface area (Å²) in [6, 6.07) is 8.64. The number of benzene rings is 1. The zero-order valence-electron chi connectivity index (χ0n) is 16.4. The van der Waals surface area contributed by atoms with Crippen LogP contribution in [-0.2, 0) is 4.79 Å². The second-order valence-corrected chi connectivity index (χ2v) is 9.18. The molecular formula is C20H27N5OS. The maximum atomic E-state index is 13.0. The van der Waals surface area contributed by atoms with Crippen LogP contribution in [0.3, 0.4) is 0 Å². The van der Waals surface area contributed by atoms with Crippen LogP contribution < -0.4 is 4.90 Å². The first kappa shape index (κ1) is 18.4. The van der Waals surface area contributed by atoms with Gasteiger partial charge in [-0.1, -0.05) is 35.6 Å². The molecule has 4 rings (SSSR count). The molecular weight excluding hydrogens is 358 g/mol. The molecule has 0 aliphatic carbocycles. The number of carbonyl (C=O) groups excluding carboxylic acids is 1. The minimum atomic E-state index is 0.141. The number of hydrogen-bond acceptors (Lipinski definition) is 6. The fraction of sp³-hybridized carbons (Fsp3) is 0.550. The maximum absolute atomic E-state index is 13.0. The number of hydrogen-bond donors (Lipinski definition) is 0. The van der Waals surface area contributed by atoms with E-state index in [9.17, 15) is 4.79 Å². The molecule has 3 atom stereocenters. The van der Waals surface area contributed by atoms with Crippen molar-refractivity contribution in [1.29, 1.82) is 0 Å². The van der Waals surface area contributed by atoms with Crippen molar-refractivity contribution in [3.63, 3.8) is 0 Å². The smallest absolute Gasteiger partial charge is 0.237 e. The van der Waals surface area contributed by atoms with Crippen molar-refractivity contribution >= 4 is 22.4 Å². The van der Waals surface area contributed by atoms with Gasteiger partial charge < -0.3 is 14.7 Å². The van der Waals surface area contributed by atoms with Crippen molar-refractivity contribution in [1.82, 2.24) is 20.0 Å². The molecule has 1 aromatic heterocycles. The van der Waals surface area contributed by atoms with E-state index in [-0.39, 0.29) is 11.9 Å². The van der Waals surface area contributed by atoms with Crippen molar-refractivity contribution in [3.05, 3.63) is 40.4 Å². The van der Waals surface area contributed by atoms with Gasteiger partial charge in [-0.3, -0.25) is 4.79 Å². The Morgan fingerprint density at radius 2 is 1.96 bits per heavy atom. The summed E-state index contributed by atoms with van der Waals surface area (Å²) in [5.74, 6) is 1.13. The first-order chi connectivity index (χ1) is 12.9. The summed E-state index contributed by atoms with van der Waals surface area (Å²) in [7, 11) is 3.91. The molecule has 1 aromatic carbocycles. The number of aromatic nitrogens is 2. The number of carbonyl (C=O) groups is 1. The van der Waals surface area contributed by atoms with E-state index in [1.165, 1.54) is 11.1 Å². The van der Waals surface area contributed by atoms with E-state index in [1.54, 1.807) is 11.3 Å². The molecule has 2 aliphatic heterocycles. The molecule has 144 valence electrons. The van der Waals surface area contributed by atoms with Gasteiger partial charge >= 0.3 is 0 Å². The molecule has 7 heteroatoms. The summed E-state index contributed by atoms with van der Waals surface area (Å²) in [5.41, 5.74) is 2.54. The van der Waals surface area contributed by atoms with E-state index in [0.29, 0.717) is 18.4 Å². The van der Waals surface area contributed by atoms with E-state index in [2.05, 4.69) is 51.2 Å². The van der Waals surface area contributed by atoms with Crippen LogP contribution in [-0.4, -0.2) is 66.2 Å². The van der Waals surface area contributed by atoms with Gasteiger partial charge in [-0.25, -0.2) is 0 Å². The zero-order valence-corrected chi connectivity index (χ0v) is 17.2. The minimum absolute atomic E-state index is 0.141. The molecule has 0 saturated carbocycles. The highest BCUT2D eigenvalue weighted by Crippen LogP contribution is 2.46. The van der Waals surface area contributed by atoms with Crippen molar-refractivity contribution in [3.8, 4) is 0 Å². The van der Waals surface area contributed by atoms with E-state index < -0.39 is 0 Å². The van der Waals surface area contributed by atoms with Crippen molar-refractivity contribution in [2.24, 2.45) is 11.8 Å². The summed E-state index contributed by atoms with van der Waals surface area (Å²) in [5, 5.41) is 10.5. The fourth-order valence-electron chi connectivity index (χ4n) is 4.55. The summed E-state index contributed by atoms with van der Waals surface area (Å²) in [4.78, 5) is 19.4. The Hall–Kier alpha value is -1.99. The van der Waals surface area contributed by atoms with Gasteiger partial charge in [0.25, 0.3) is 0 Å². The molecule has 0 radical (unpaired) electrons. The van der Waals surface area contributed by atoms with Crippen LogP contribution in [0.4, 0.5) is 5.13 Å². The number of aryl methyl sites for hydroxylation is 2. The molecule has 0 bridgehead atoms. The monoisotopic (exact) mass is 385 g/mol. The third-order valence-electron chi connectivity index (χ3n) is 5.73. The van der Waals surface area contributed by atoms with Crippen LogP contribution in [0.5, 0.6) is 0 Å². The van der Waals surface area contributed by atoms with Gasteiger partial charge in [-0.2, -0.15) is 0 Å². The van der Waals surface area contributed by atoms with Crippen LogP contribution in [0.1, 0.15) is 22.2 Å². The lowest BCUT2D eigenvalue weighted by Gasteiger charge is -2.31. The van der Waals surface area contributed by atoms with Gasteiger partial charge in [0.05, 0.1) is 12.6 Å². The first-order valence-corrected chi connectivity index (χ1v) is 10.3. The van der Waals surface area contributed by atoms with Crippen LogP contribution in [0, 0.1) is 25.7 Å². The molecule has 3 heterocycles. The normalized spacial score (nSPS) is 24.7. The van der Waals surface area contributed by atoms with Gasteiger partial charge in [-0.15, -0.1) is 10.2 Å². The molecule has 1 amide bonds. The lowest BCUT2D eigenvalue weighted by Crippen LogP contribution is -2.40. The van der Waals surface area contributed by atoms with Crippen molar-refractivity contribution in [2.45, 2.75) is 19.9 Å². The highest BCUT2D eigenvalue weighted by molar-refractivity contribution is 7.15. The Morgan fingerprint density at radius 1 is 1.19 bits per heavy atom. The number of anilines is 1. The van der Waals surface area contributed by atoms with Gasteiger partial charge in [-0.05, 0) is 39.1 Å². The Kier molecular flexibility index (Phi) is 4.90. The third-order valence-corrected chi connectivity index (χ3v) is 6.63. The first-order valence-electron chi connectivity index (χ1n) is 9.49. The molecule has 27 heavy (non-hydrogen) atoms. The molecule has 0 spiro atoms. The topological polar surface area (TPSA) is 52.6 Å². The van der Waals surface area contributed by atoms with Crippen molar-refractivity contribution < 1.29 is 4.79 Å². The summed E-state index contributed by atoms with van der Waals surface area (Å²) >= 11 is 1.66. The molecule has 2 fully saturated rings. The molecule has 2 aliphatic rings. The van der Waals surface area contributed by atoms with E-state index in [1.807, 2.05) is 25.9 Å². The highest BCUT2D eigenvalue weighted by atomic mass is 32.1. The Labute approximate surface area is 164 Å². The number of fused-ring (bicyclic) bond motifs is 1. The lowest BCUT2D eigenvalue weighted by atomic mass is 9.87. The average molecular weight is 386 g/mol. The van der Waals surface area contributed by atoms with E-state index in [0.717, 1.165) is 29.8 Å². The second kappa shape index (κ2) is 7.20. The summed E-state index contributed by atoms with van der Waals surface area (Å²) < 4.78 is 0. The van der Waals surface area contributed by atoms with Crippen molar-refractivity contribution in [2.75, 3.05) is 45.2 Å². The van der Waals surface area contributed by atoms with Gasteiger partial charge in [0.15, 0.2) is 0 Å². The SMILES string of the molecule is Cc1nnc(N2C[C@@H]3CN(C(=O)CN(C)C)[C@@H](c4ccccc4C)[C@@H]3C2)s1. The average Bonchev–Trinajstić information content (AvgIpc) is 3.28. The Balaban J connectivity index is 1.64. The molecule has 0 N–H and O–H groups in total. The summed E-state index contributed by atoms with van der Waals surface area (Å²) in [6.45, 7) is 7.32. The van der Waals surface area contributed by atoms with E-state index >= 15 is 0 Å². The third kappa shape index (κ3) is 3.46. The minimum Gasteiger partial charge on any atom is -0.346 e. The molecule has 6 nitrogen and oxygen atoms in total. The van der Waals surface area contributed by atoms with Gasteiger partial charge in [0, 0.05) is 31.5 Å². The number of amides is 1. The van der Waals surface area contributed by atoms with Crippen LogP contribution >= 0.6 is 11.3 Å². The number of likely N-dealkylation sites (N-methyl/N-ethyl adjacent to an activating group) is 1. The number of nitrogens with zero attached hydrogens (tertiary/aromatic N) is 5. The maximum Gasteiger partial charge on any atom is 0.237 e. The number of likely N-dealkylation sites (tertiary alicyclic amines) is 1. The Morgan fingerprint density at radius 3 is 2.63 bits per heavy atom.